The largest absolute Gasteiger partial charge is 0.406 e. The minimum Gasteiger partial charge on any atom is -0.362 e. The zero-order chi connectivity index (χ0) is 10.0. The molecule has 0 aliphatic rings. The molecule has 0 aromatic carbocycles. The molecular formula is C7H12N4O2. The van der Waals surface area contributed by atoms with Gasteiger partial charge in [0, 0.05) is 13.1 Å². The summed E-state index contributed by atoms with van der Waals surface area (Å²) in [5.74, 6) is 0.316. The van der Waals surface area contributed by atoms with E-state index in [1.807, 2.05) is 13.8 Å². The summed E-state index contributed by atoms with van der Waals surface area (Å²) in [7, 11) is 1.71. The van der Waals surface area contributed by atoms with E-state index in [2.05, 4.69) is 10.3 Å². The average molecular weight is 184 g/mol. The molecule has 0 aliphatic carbocycles. The summed E-state index contributed by atoms with van der Waals surface area (Å²) < 4.78 is 1.60. The topological polar surface area (TPSA) is 73.0 Å². The van der Waals surface area contributed by atoms with Gasteiger partial charge in [-0.1, -0.05) is 0 Å². The fourth-order valence-corrected chi connectivity index (χ4v) is 0.991. The minimum atomic E-state index is -0.495. The second-order valence-corrected chi connectivity index (χ2v) is 3.08. The lowest BCUT2D eigenvalue weighted by Gasteiger charge is -2.08. The van der Waals surface area contributed by atoms with E-state index < -0.39 is 4.92 Å². The zero-order valence-corrected chi connectivity index (χ0v) is 7.81. The Morgan fingerprint density at radius 2 is 2.31 bits per heavy atom. The monoisotopic (exact) mass is 184 g/mol. The molecule has 0 aliphatic heterocycles. The quantitative estimate of drug-likeness (QED) is 0.564. The molecule has 0 radical (unpaired) electrons. The van der Waals surface area contributed by atoms with Crippen molar-refractivity contribution >= 4 is 11.6 Å². The lowest BCUT2D eigenvalue weighted by molar-refractivity contribution is -0.388. The van der Waals surface area contributed by atoms with E-state index in [0.717, 1.165) is 0 Å². The van der Waals surface area contributed by atoms with Gasteiger partial charge in [0.05, 0.1) is 0 Å². The van der Waals surface area contributed by atoms with Gasteiger partial charge in [-0.25, -0.2) is 0 Å². The second-order valence-electron chi connectivity index (χ2n) is 3.08. The Morgan fingerprint density at radius 1 is 1.69 bits per heavy atom. The van der Waals surface area contributed by atoms with Crippen LogP contribution >= 0.6 is 0 Å². The van der Waals surface area contributed by atoms with Gasteiger partial charge in [0.15, 0.2) is 0 Å². The highest BCUT2D eigenvalue weighted by Gasteiger charge is 2.19. The molecular weight excluding hydrogens is 172 g/mol. The fraction of sp³-hybridized carbons (Fsp3) is 0.571. The number of nitrogens with zero attached hydrogens (tertiary/aromatic N) is 3. The van der Waals surface area contributed by atoms with Crippen molar-refractivity contribution in [3.8, 4) is 0 Å². The van der Waals surface area contributed by atoms with Gasteiger partial charge >= 0.3 is 5.82 Å². The van der Waals surface area contributed by atoms with E-state index in [0.29, 0.717) is 5.82 Å². The van der Waals surface area contributed by atoms with E-state index in [4.69, 9.17) is 0 Å². The summed E-state index contributed by atoms with van der Waals surface area (Å²) in [6, 6.07) is 0.147. The van der Waals surface area contributed by atoms with Crippen LogP contribution in [-0.4, -0.2) is 20.5 Å². The highest BCUT2D eigenvalue weighted by molar-refractivity contribution is 5.52. The molecule has 1 aromatic rings. The maximum atomic E-state index is 10.5. The summed E-state index contributed by atoms with van der Waals surface area (Å²) in [6.45, 7) is 3.83. The Bertz CT molecular complexity index is 318. The van der Waals surface area contributed by atoms with Gasteiger partial charge in [0.1, 0.15) is 0 Å². The number of aryl methyl sites for hydroxylation is 1. The lowest BCUT2D eigenvalue weighted by Crippen LogP contribution is -2.13. The third-order valence-electron chi connectivity index (χ3n) is 1.52. The predicted octanol–water partition coefficient (Wildman–Crippen LogP) is 1.15. The standard InChI is InChI=1S/C7H12N4O2/c1-5(2)9-7-6(11(12)13)8-4-10(7)3/h4-5,9H,1-3H3. The first kappa shape index (κ1) is 9.50. The molecule has 6 nitrogen and oxygen atoms in total. The normalized spacial score (nSPS) is 10.5. The third kappa shape index (κ3) is 1.95. The molecule has 0 spiro atoms. The molecule has 1 heterocycles. The Balaban J connectivity index is 3.01. The van der Waals surface area contributed by atoms with Crippen LogP contribution in [0.1, 0.15) is 13.8 Å². The predicted molar refractivity (Wildman–Crippen MR) is 48.6 cm³/mol. The highest BCUT2D eigenvalue weighted by atomic mass is 16.6. The van der Waals surface area contributed by atoms with E-state index >= 15 is 0 Å². The number of nitrogens with one attached hydrogen (secondary N) is 1. The van der Waals surface area contributed by atoms with Crippen LogP contribution in [0.4, 0.5) is 11.6 Å². The number of hydrogen-bond donors (Lipinski definition) is 1. The molecule has 0 saturated heterocycles. The molecule has 0 unspecified atom stereocenters. The molecule has 1 aromatic heterocycles. The summed E-state index contributed by atoms with van der Waals surface area (Å²) in [6.07, 6.45) is 1.42. The minimum absolute atomic E-state index is 0.129. The zero-order valence-electron chi connectivity index (χ0n) is 7.81. The SMILES string of the molecule is CC(C)Nc1c([N+](=O)[O-])ncn1C. The summed E-state index contributed by atoms with van der Waals surface area (Å²) in [4.78, 5) is 13.7. The van der Waals surface area contributed by atoms with Crippen molar-refractivity contribution in [3.05, 3.63) is 16.4 Å². The molecule has 1 N–H and O–H groups in total. The molecule has 0 amide bonds. The van der Waals surface area contributed by atoms with Crippen LogP contribution in [0, 0.1) is 10.1 Å². The van der Waals surface area contributed by atoms with Crippen molar-refractivity contribution in [1.82, 2.24) is 9.55 Å². The van der Waals surface area contributed by atoms with Crippen molar-refractivity contribution < 1.29 is 4.92 Å². The number of aromatic nitrogens is 2. The van der Waals surface area contributed by atoms with Crippen LogP contribution in [0.15, 0.2) is 6.33 Å². The van der Waals surface area contributed by atoms with Crippen LogP contribution in [-0.2, 0) is 7.05 Å². The van der Waals surface area contributed by atoms with Crippen LogP contribution in [0.2, 0.25) is 0 Å². The number of rotatable bonds is 3. The van der Waals surface area contributed by atoms with Crippen LogP contribution in [0.3, 0.4) is 0 Å². The van der Waals surface area contributed by atoms with Crippen molar-refractivity contribution in [2.75, 3.05) is 5.32 Å². The van der Waals surface area contributed by atoms with E-state index in [9.17, 15) is 10.1 Å². The molecule has 0 saturated carbocycles. The number of hydrogen-bond acceptors (Lipinski definition) is 4. The van der Waals surface area contributed by atoms with Crippen molar-refractivity contribution in [2.45, 2.75) is 19.9 Å². The molecule has 72 valence electrons. The highest BCUT2D eigenvalue weighted by Crippen LogP contribution is 2.21. The first-order valence-corrected chi connectivity index (χ1v) is 3.94. The maximum absolute atomic E-state index is 10.5. The molecule has 0 fully saturated rings. The van der Waals surface area contributed by atoms with Gasteiger partial charge in [0.2, 0.25) is 12.1 Å². The maximum Gasteiger partial charge on any atom is 0.406 e. The van der Waals surface area contributed by atoms with Crippen LogP contribution in [0.25, 0.3) is 0 Å². The molecule has 13 heavy (non-hydrogen) atoms. The number of imidazole rings is 1. The fourth-order valence-electron chi connectivity index (χ4n) is 0.991. The van der Waals surface area contributed by atoms with Gasteiger partial charge in [0.25, 0.3) is 0 Å². The third-order valence-corrected chi connectivity index (χ3v) is 1.52. The van der Waals surface area contributed by atoms with Crippen molar-refractivity contribution in [2.24, 2.45) is 7.05 Å². The second kappa shape index (κ2) is 3.42. The smallest absolute Gasteiger partial charge is 0.362 e. The van der Waals surface area contributed by atoms with Crippen molar-refractivity contribution in [1.29, 1.82) is 0 Å². The molecule has 6 heteroatoms. The Morgan fingerprint density at radius 3 is 2.77 bits per heavy atom. The van der Waals surface area contributed by atoms with Gasteiger partial charge in [-0.2, -0.15) is 0 Å². The van der Waals surface area contributed by atoms with E-state index in [1.54, 1.807) is 11.6 Å². The van der Waals surface area contributed by atoms with Gasteiger partial charge < -0.3 is 15.4 Å². The van der Waals surface area contributed by atoms with Gasteiger partial charge in [-0.3, -0.25) is 4.57 Å². The molecule has 1 rings (SSSR count). The molecule has 0 bridgehead atoms. The first-order chi connectivity index (χ1) is 6.02. The van der Waals surface area contributed by atoms with E-state index in [1.165, 1.54) is 6.33 Å². The lowest BCUT2D eigenvalue weighted by atomic mass is 10.4. The summed E-state index contributed by atoms with van der Waals surface area (Å²) in [5.41, 5.74) is 0. The number of nitro groups is 1. The Labute approximate surface area is 75.7 Å². The average Bonchev–Trinajstić information content (AvgIpc) is 2.32. The van der Waals surface area contributed by atoms with Crippen molar-refractivity contribution in [3.63, 3.8) is 0 Å². The van der Waals surface area contributed by atoms with Crippen LogP contribution in [0.5, 0.6) is 0 Å². The number of anilines is 1. The summed E-state index contributed by atoms with van der Waals surface area (Å²) >= 11 is 0. The van der Waals surface area contributed by atoms with Gasteiger partial charge in [-0.05, 0) is 23.8 Å². The molecule has 0 atom stereocenters. The van der Waals surface area contributed by atoms with E-state index in [-0.39, 0.29) is 11.9 Å². The summed E-state index contributed by atoms with van der Waals surface area (Å²) in [5, 5.41) is 13.5. The van der Waals surface area contributed by atoms with Crippen LogP contribution < -0.4 is 5.32 Å². The first-order valence-electron chi connectivity index (χ1n) is 3.94. The Kier molecular flexibility index (Phi) is 2.50. The van der Waals surface area contributed by atoms with Gasteiger partial charge in [-0.15, -0.1) is 0 Å². The Hall–Kier alpha value is -1.59.